The van der Waals surface area contributed by atoms with Crippen molar-refractivity contribution in [3.8, 4) is 0 Å². The van der Waals surface area contributed by atoms with E-state index in [0.717, 1.165) is 5.69 Å². The molecular formula is C13H20N2O. The Morgan fingerprint density at radius 1 is 1.25 bits per heavy atom. The summed E-state index contributed by atoms with van der Waals surface area (Å²) in [7, 11) is 1.76. The summed E-state index contributed by atoms with van der Waals surface area (Å²) in [4.78, 5) is 13.6. The lowest BCUT2D eigenvalue weighted by molar-refractivity contribution is -0.120. The van der Waals surface area contributed by atoms with Gasteiger partial charge in [-0.2, -0.15) is 0 Å². The third kappa shape index (κ3) is 2.83. The van der Waals surface area contributed by atoms with Gasteiger partial charge in [-0.1, -0.05) is 31.5 Å². The van der Waals surface area contributed by atoms with Gasteiger partial charge in [-0.05, 0) is 25.0 Å². The third-order valence-electron chi connectivity index (χ3n) is 2.76. The number of nitrogens with zero attached hydrogens (tertiary/aromatic N) is 1. The van der Waals surface area contributed by atoms with E-state index in [1.807, 2.05) is 45.0 Å². The van der Waals surface area contributed by atoms with Crippen molar-refractivity contribution in [1.82, 2.24) is 0 Å². The molecule has 1 rings (SSSR count). The van der Waals surface area contributed by atoms with Gasteiger partial charge in [-0.25, -0.2) is 0 Å². The Balaban J connectivity index is 2.82. The number of anilines is 1. The van der Waals surface area contributed by atoms with Gasteiger partial charge in [0.05, 0.1) is 6.04 Å². The number of benzene rings is 1. The highest BCUT2D eigenvalue weighted by Gasteiger charge is 2.21. The van der Waals surface area contributed by atoms with Crippen LogP contribution < -0.4 is 10.6 Å². The van der Waals surface area contributed by atoms with E-state index in [1.54, 1.807) is 11.9 Å². The lowest BCUT2D eigenvalue weighted by Crippen LogP contribution is -2.45. The number of nitrogens with two attached hydrogens (primary N) is 1. The smallest absolute Gasteiger partial charge is 0.243 e. The van der Waals surface area contributed by atoms with Gasteiger partial charge in [0.1, 0.15) is 0 Å². The minimum Gasteiger partial charge on any atom is -0.320 e. The molecule has 1 amide bonds. The normalized spacial score (nSPS) is 12.6. The lowest BCUT2D eigenvalue weighted by Gasteiger charge is -2.23. The van der Waals surface area contributed by atoms with Crippen LogP contribution in [0.25, 0.3) is 0 Å². The number of rotatable bonds is 3. The zero-order valence-electron chi connectivity index (χ0n) is 10.4. The first-order chi connectivity index (χ1) is 7.43. The molecule has 0 spiro atoms. The van der Waals surface area contributed by atoms with Crippen molar-refractivity contribution in [2.45, 2.75) is 26.8 Å². The van der Waals surface area contributed by atoms with E-state index >= 15 is 0 Å². The van der Waals surface area contributed by atoms with Crippen LogP contribution in [0.4, 0.5) is 5.69 Å². The Kier molecular flexibility index (Phi) is 4.07. The van der Waals surface area contributed by atoms with E-state index in [4.69, 9.17) is 5.73 Å². The molecule has 2 N–H and O–H groups in total. The molecule has 16 heavy (non-hydrogen) atoms. The molecule has 0 aliphatic carbocycles. The third-order valence-corrected chi connectivity index (χ3v) is 2.76. The maximum absolute atomic E-state index is 12.0. The maximum atomic E-state index is 12.0. The van der Waals surface area contributed by atoms with Gasteiger partial charge in [0, 0.05) is 12.7 Å². The van der Waals surface area contributed by atoms with Gasteiger partial charge in [0.25, 0.3) is 0 Å². The first-order valence-corrected chi connectivity index (χ1v) is 5.53. The second kappa shape index (κ2) is 5.12. The van der Waals surface area contributed by atoms with Crippen molar-refractivity contribution >= 4 is 11.6 Å². The van der Waals surface area contributed by atoms with Crippen LogP contribution >= 0.6 is 0 Å². The summed E-state index contributed by atoms with van der Waals surface area (Å²) in [6.45, 7) is 5.92. The van der Waals surface area contributed by atoms with Gasteiger partial charge in [-0.15, -0.1) is 0 Å². The van der Waals surface area contributed by atoms with E-state index in [1.165, 1.54) is 5.56 Å². The quantitative estimate of drug-likeness (QED) is 0.846. The summed E-state index contributed by atoms with van der Waals surface area (Å²) in [5.74, 6) is 0.110. The number of carbonyl (C=O) groups is 1. The Labute approximate surface area is 97.2 Å². The number of hydrogen-bond donors (Lipinski definition) is 1. The minimum atomic E-state index is -0.439. The number of amides is 1. The number of carbonyl (C=O) groups excluding carboxylic acids is 1. The highest BCUT2D eigenvalue weighted by atomic mass is 16.2. The minimum absolute atomic E-state index is 0.0427. The molecule has 3 heteroatoms. The van der Waals surface area contributed by atoms with E-state index in [9.17, 15) is 4.79 Å². The molecule has 88 valence electrons. The monoisotopic (exact) mass is 220 g/mol. The first-order valence-electron chi connectivity index (χ1n) is 5.53. The Morgan fingerprint density at radius 2 is 1.75 bits per heavy atom. The average molecular weight is 220 g/mol. The fourth-order valence-electron chi connectivity index (χ4n) is 1.40. The molecule has 1 aromatic carbocycles. The molecule has 0 saturated heterocycles. The van der Waals surface area contributed by atoms with Gasteiger partial charge in [-0.3, -0.25) is 4.79 Å². The summed E-state index contributed by atoms with van der Waals surface area (Å²) in [6, 6.07) is 7.40. The van der Waals surface area contributed by atoms with E-state index < -0.39 is 6.04 Å². The van der Waals surface area contributed by atoms with Crippen molar-refractivity contribution < 1.29 is 4.79 Å². The Bertz CT molecular complexity index is 357. The zero-order valence-corrected chi connectivity index (χ0v) is 10.4. The van der Waals surface area contributed by atoms with Crippen molar-refractivity contribution in [3.05, 3.63) is 29.8 Å². The summed E-state index contributed by atoms with van der Waals surface area (Å²) in [5.41, 5.74) is 7.90. The molecular weight excluding hydrogens is 200 g/mol. The van der Waals surface area contributed by atoms with Crippen LogP contribution in [0.3, 0.4) is 0 Å². The molecule has 0 aliphatic heterocycles. The topological polar surface area (TPSA) is 46.3 Å². The lowest BCUT2D eigenvalue weighted by atomic mass is 10.0. The van der Waals surface area contributed by atoms with Crippen LogP contribution in [-0.4, -0.2) is 19.0 Å². The molecule has 1 atom stereocenters. The second-order valence-corrected chi connectivity index (χ2v) is 4.50. The van der Waals surface area contributed by atoms with Crippen LogP contribution in [0.15, 0.2) is 24.3 Å². The van der Waals surface area contributed by atoms with Crippen molar-refractivity contribution in [1.29, 1.82) is 0 Å². The molecule has 0 heterocycles. The molecule has 3 nitrogen and oxygen atoms in total. The molecule has 0 radical (unpaired) electrons. The van der Waals surface area contributed by atoms with Crippen LogP contribution in [0.2, 0.25) is 0 Å². The van der Waals surface area contributed by atoms with Gasteiger partial charge in [0.2, 0.25) is 5.91 Å². The van der Waals surface area contributed by atoms with E-state index in [0.29, 0.717) is 0 Å². The fourth-order valence-corrected chi connectivity index (χ4v) is 1.40. The highest BCUT2D eigenvalue weighted by Crippen LogP contribution is 2.15. The first kappa shape index (κ1) is 12.7. The SMILES string of the molecule is Cc1ccc(N(C)C(=O)[C@@H](N)C(C)C)cc1. The van der Waals surface area contributed by atoms with Crippen molar-refractivity contribution in [2.24, 2.45) is 11.7 Å². The molecule has 0 aromatic heterocycles. The number of likely N-dealkylation sites (N-methyl/N-ethyl adjacent to an activating group) is 1. The molecule has 0 bridgehead atoms. The van der Waals surface area contributed by atoms with Crippen LogP contribution in [0.5, 0.6) is 0 Å². The molecule has 1 aromatic rings. The Morgan fingerprint density at radius 3 is 2.19 bits per heavy atom. The molecule has 0 unspecified atom stereocenters. The second-order valence-electron chi connectivity index (χ2n) is 4.50. The molecule has 0 aliphatic rings. The van der Waals surface area contributed by atoms with Crippen LogP contribution in [0, 0.1) is 12.8 Å². The molecule has 0 saturated carbocycles. The largest absolute Gasteiger partial charge is 0.320 e. The summed E-state index contributed by atoms with van der Waals surface area (Å²) < 4.78 is 0. The van der Waals surface area contributed by atoms with Crippen LogP contribution in [-0.2, 0) is 4.79 Å². The number of hydrogen-bond acceptors (Lipinski definition) is 2. The predicted octanol–water partition coefficient (Wildman–Crippen LogP) is 1.94. The fraction of sp³-hybridized carbons (Fsp3) is 0.462. The highest BCUT2D eigenvalue weighted by molar-refractivity contribution is 5.96. The van der Waals surface area contributed by atoms with E-state index in [-0.39, 0.29) is 11.8 Å². The zero-order chi connectivity index (χ0) is 12.3. The summed E-state index contributed by atoms with van der Waals surface area (Å²) in [6.07, 6.45) is 0. The number of aryl methyl sites for hydroxylation is 1. The van der Waals surface area contributed by atoms with Crippen molar-refractivity contribution in [2.75, 3.05) is 11.9 Å². The van der Waals surface area contributed by atoms with Crippen LogP contribution in [0.1, 0.15) is 19.4 Å². The Hall–Kier alpha value is -1.35. The summed E-state index contributed by atoms with van der Waals surface area (Å²) >= 11 is 0. The van der Waals surface area contributed by atoms with Gasteiger partial charge < -0.3 is 10.6 Å². The van der Waals surface area contributed by atoms with Gasteiger partial charge >= 0.3 is 0 Å². The van der Waals surface area contributed by atoms with E-state index in [2.05, 4.69) is 0 Å². The molecule has 0 fully saturated rings. The average Bonchev–Trinajstić information content (AvgIpc) is 2.27. The predicted molar refractivity (Wildman–Crippen MR) is 67.4 cm³/mol. The standard InChI is InChI=1S/C13H20N2O/c1-9(2)12(14)13(16)15(4)11-7-5-10(3)6-8-11/h5-9,12H,14H2,1-4H3/t12-/m0/s1. The van der Waals surface area contributed by atoms with Crippen molar-refractivity contribution in [3.63, 3.8) is 0 Å². The maximum Gasteiger partial charge on any atom is 0.243 e. The summed E-state index contributed by atoms with van der Waals surface area (Å²) in [5, 5.41) is 0. The van der Waals surface area contributed by atoms with Gasteiger partial charge in [0.15, 0.2) is 0 Å².